The molecule has 436 valence electrons. The lowest BCUT2D eigenvalue weighted by Crippen LogP contribution is -2.53. The van der Waals surface area contributed by atoms with Crippen LogP contribution in [0, 0.1) is 11.8 Å². The molecule has 4 N–H and O–H groups in total. The van der Waals surface area contributed by atoms with Gasteiger partial charge in [0.15, 0.2) is 0 Å². The number of nitrogens with zero attached hydrogens (tertiary/aromatic N) is 5. The first-order valence-corrected chi connectivity index (χ1v) is 26.3. The third-order valence-corrected chi connectivity index (χ3v) is 14.9. The van der Waals surface area contributed by atoms with Gasteiger partial charge in [-0.3, -0.25) is 25.0 Å². The maximum atomic E-state index is 13.4. The smallest absolute Gasteiger partial charge is 0.469 e. The standard InChI is InChI=1S/C28H27Cl2F3N4O4.C27H26Cl2F3N5O4/c1-27(2,3)21-13-22(35-26(40)34-20-7-5-6-19(29)23(20)30)37(36-21)16-9-8-14-11-18(25(39)41-4)17(12-15(14)10-16)24(38)28(31,32)33;1-26(2,3)20-12-21(34-25(40)33-18-7-5-6-17(28)22(18)29)37(35-20)16-9-8-14-13-36(24(39)27(30,31)32)19(23(38)41-4)11-15(14)10-16/h5-10,13,17-18H,11-12H2,1-4H3,(H2,34,35,40);5-10,12,19H,11,13H2,1-4H3,(H2,33,34,40)/t17?,18-;19-/m10/s1. The molecule has 1 unspecified atom stereocenters. The Balaban J connectivity index is 0.000000236. The predicted molar refractivity (Wildman–Crippen MR) is 296 cm³/mol. The normalized spacial score (nSPS) is 16.1. The number of rotatable bonds is 9. The number of hydrogen-bond acceptors (Lipinski definition) is 10. The highest BCUT2D eigenvalue weighted by atomic mass is 35.5. The van der Waals surface area contributed by atoms with Crippen LogP contribution in [0.5, 0.6) is 0 Å². The van der Waals surface area contributed by atoms with Gasteiger partial charge in [0, 0.05) is 41.8 Å². The molecule has 0 spiro atoms. The van der Waals surface area contributed by atoms with Gasteiger partial charge >= 0.3 is 42.3 Å². The van der Waals surface area contributed by atoms with Gasteiger partial charge in [-0.05, 0) is 83.6 Å². The van der Waals surface area contributed by atoms with E-state index in [1.54, 1.807) is 84.9 Å². The van der Waals surface area contributed by atoms with Gasteiger partial charge in [-0.15, -0.1) is 0 Å². The zero-order valence-electron chi connectivity index (χ0n) is 44.9. The van der Waals surface area contributed by atoms with E-state index in [9.17, 15) is 55.1 Å². The molecule has 2 aromatic heterocycles. The van der Waals surface area contributed by atoms with E-state index in [1.165, 1.54) is 9.36 Å². The van der Waals surface area contributed by atoms with Crippen molar-refractivity contribution in [3.63, 3.8) is 0 Å². The Kier molecular flexibility index (Phi) is 18.4. The summed E-state index contributed by atoms with van der Waals surface area (Å²) in [5.41, 5.74) is 3.95. The fourth-order valence-electron chi connectivity index (χ4n) is 9.01. The molecule has 3 atom stereocenters. The van der Waals surface area contributed by atoms with Crippen molar-refractivity contribution >= 4 is 105 Å². The van der Waals surface area contributed by atoms with Crippen LogP contribution in [0.1, 0.15) is 75.2 Å². The Labute approximate surface area is 485 Å². The molecule has 0 saturated carbocycles. The fraction of sp³-hybridized carbons (Fsp3) is 0.345. The second kappa shape index (κ2) is 24.2. The summed E-state index contributed by atoms with van der Waals surface area (Å²) in [6.07, 6.45) is -10.9. The number of urea groups is 2. The van der Waals surface area contributed by atoms with Crippen LogP contribution in [0.15, 0.2) is 84.9 Å². The van der Waals surface area contributed by atoms with E-state index in [-0.39, 0.29) is 50.9 Å². The quantitative estimate of drug-likeness (QED) is 0.0795. The van der Waals surface area contributed by atoms with E-state index in [0.717, 1.165) is 14.2 Å². The SMILES string of the molecule is COC(=O)[C@@H]1Cc2cc(-n3nc(C(C)(C)C)cc3NC(=O)Nc3cccc(Cl)c3Cl)ccc2CN1C(=O)C(F)(F)F.COC(=O)[C@@H]1Cc2ccc(-n3nc(C(C)(C)C)cc3NC(=O)Nc3cccc(Cl)c3Cl)cc2CC1C(=O)C(F)(F)F. The lowest BCUT2D eigenvalue weighted by atomic mass is 9.73. The van der Waals surface area contributed by atoms with E-state index in [0.29, 0.717) is 61.4 Å². The first-order valence-electron chi connectivity index (χ1n) is 24.8. The van der Waals surface area contributed by atoms with Crippen molar-refractivity contribution in [3.8, 4) is 11.4 Å². The molecular weight excluding hydrogens is 1170 g/mol. The number of esters is 2. The number of carbonyl (C=O) groups excluding carboxylic acids is 6. The number of ketones is 1. The summed E-state index contributed by atoms with van der Waals surface area (Å²) in [4.78, 5) is 75.3. The van der Waals surface area contributed by atoms with Crippen LogP contribution in [-0.2, 0) is 65.3 Å². The highest BCUT2D eigenvalue weighted by Crippen LogP contribution is 2.39. The number of nitrogens with one attached hydrogen (secondary N) is 4. The summed E-state index contributed by atoms with van der Waals surface area (Å²) >= 11 is 24.4. The lowest BCUT2D eigenvalue weighted by molar-refractivity contribution is -0.191. The zero-order valence-corrected chi connectivity index (χ0v) is 47.9. The number of halogens is 10. The lowest BCUT2D eigenvalue weighted by Gasteiger charge is -2.35. The molecular formula is C55H53Cl4F6N9O8. The zero-order chi connectivity index (χ0) is 60.6. The van der Waals surface area contributed by atoms with Crippen LogP contribution in [0.2, 0.25) is 20.1 Å². The van der Waals surface area contributed by atoms with Gasteiger partial charge in [-0.25, -0.2) is 23.7 Å². The Morgan fingerprint density at radius 3 is 1.40 bits per heavy atom. The van der Waals surface area contributed by atoms with Gasteiger partial charge in [0.1, 0.15) is 17.7 Å². The predicted octanol–water partition coefficient (Wildman–Crippen LogP) is 12.9. The van der Waals surface area contributed by atoms with Gasteiger partial charge in [-0.2, -0.15) is 36.5 Å². The van der Waals surface area contributed by atoms with Crippen molar-refractivity contribution in [3.05, 3.63) is 139 Å². The number of methoxy groups -OCH3 is 2. The van der Waals surface area contributed by atoms with Gasteiger partial charge in [0.2, 0.25) is 5.78 Å². The molecule has 17 nitrogen and oxygen atoms in total. The first kappa shape index (κ1) is 62.3. The maximum Gasteiger partial charge on any atom is 0.471 e. The van der Waals surface area contributed by atoms with Crippen LogP contribution < -0.4 is 21.3 Å². The highest BCUT2D eigenvalue weighted by molar-refractivity contribution is 6.44. The highest BCUT2D eigenvalue weighted by Gasteiger charge is 2.50. The van der Waals surface area contributed by atoms with E-state index >= 15 is 0 Å². The number of carbonyl (C=O) groups is 6. The second-order valence-corrected chi connectivity index (χ2v) is 22.7. The van der Waals surface area contributed by atoms with Crippen molar-refractivity contribution in [2.24, 2.45) is 11.8 Å². The number of hydrogen-bond donors (Lipinski definition) is 4. The minimum Gasteiger partial charge on any atom is -0.469 e. The molecule has 3 heterocycles. The summed E-state index contributed by atoms with van der Waals surface area (Å²) < 4.78 is 92.3. The Morgan fingerprint density at radius 2 is 0.976 bits per heavy atom. The minimum atomic E-state index is -5.15. The molecule has 0 fully saturated rings. The molecule has 6 aromatic rings. The number of fused-ring (bicyclic) bond motifs is 2. The third-order valence-electron chi connectivity index (χ3n) is 13.3. The molecule has 8 rings (SSSR count). The van der Waals surface area contributed by atoms with Crippen LogP contribution in [-0.4, -0.2) is 92.8 Å². The number of ether oxygens (including phenoxy) is 2. The fourth-order valence-corrected chi connectivity index (χ4v) is 9.70. The molecule has 5 amide bonds. The number of amides is 5. The number of benzene rings is 4. The Bertz CT molecular complexity index is 3480. The number of aromatic nitrogens is 4. The van der Waals surface area contributed by atoms with Crippen LogP contribution >= 0.6 is 46.4 Å². The minimum absolute atomic E-state index is 0.0883. The topological polar surface area (TPSA) is 208 Å². The third kappa shape index (κ3) is 14.1. The summed E-state index contributed by atoms with van der Waals surface area (Å²) in [6, 6.07) is 20.0. The molecule has 2 aliphatic rings. The summed E-state index contributed by atoms with van der Waals surface area (Å²) in [5.74, 6) is -8.26. The molecule has 1 aliphatic carbocycles. The van der Waals surface area contributed by atoms with E-state index in [1.807, 2.05) is 41.5 Å². The first-order chi connectivity index (χ1) is 38.2. The molecule has 1 aliphatic heterocycles. The van der Waals surface area contributed by atoms with Gasteiger partial charge < -0.3 is 25.0 Å². The van der Waals surface area contributed by atoms with Crippen LogP contribution in [0.25, 0.3) is 11.4 Å². The van der Waals surface area contributed by atoms with Crippen molar-refractivity contribution in [1.29, 1.82) is 0 Å². The Morgan fingerprint density at radius 1 is 0.537 bits per heavy atom. The molecule has 27 heteroatoms. The van der Waals surface area contributed by atoms with Crippen molar-refractivity contribution in [1.82, 2.24) is 24.5 Å². The Hall–Kier alpha value is -7.34. The van der Waals surface area contributed by atoms with Crippen LogP contribution in [0.4, 0.5) is 58.9 Å². The van der Waals surface area contributed by atoms with Crippen LogP contribution in [0.3, 0.4) is 0 Å². The van der Waals surface area contributed by atoms with Crippen molar-refractivity contribution in [2.75, 3.05) is 35.5 Å². The number of alkyl halides is 6. The second-order valence-electron chi connectivity index (χ2n) is 21.1. The molecule has 0 saturated heterocycles. The average Bonchev–Trinajstić information content (AvgIpc) is 3.54. The molecule has 0 radical (unpaired) electrons. The average molecular weight is 1220 g/mol. The largest absolute Gasteiger partial charge is 0.471 e. The summed E-state index contributed by atoms with van der Waals surface area (Å²) in [5, 5.41) is 20.9. The van der Waals surface area contributed by atoms with Gasteiger partial charge in [0.05, 0.1) is 74.4 Å². The molecule has 0 bridgehead atoms. The van der Waals surface area contributed by atoms with Crippen molar-refractivity contribution in [2.45, 2.75) is 96.6 Å². The maximum absolute atomic E-state index is 13.4. The monoisotopic (exact) mass is 1220 g/mol. The van der Waals surface area contributed by atoms with Gasteiger partial charge in [-0.1, -0.05) is 112 Å². The van der Waals surface area contributed by atoms with E-state index in [2.05, 4.69) is 31.5 Å². The number of Topliss-reactive ketones (excluding diaryl/α,β-unsaturated/α-hetero) is 1. The summed E-state index contributed by atoms with van der Waals surface area (Å²) in [6.45, 7) is 11.2. The number of anilines is 4. The van der Waals surface area contributed by atoms with E-state index in [4.69, 9.17) is 55.9 Å². The molecule has 82 heavy (non-hydrogen) atoms. The van der Waals surface area contributed by atoms with Gasteiger partial charge in [0.25, 0.3) is 0 Å². The molecule has 4 aromatic carbocycles. The van der Waals surface area contributed by atoms with Crippen molar-refractivity contribution < 1.29 is 64.6 Å². The summed E-state index contributed by atoms with van der Waals surface area (Å²) in [7, 11) is 2.12. The van der Waals surface area contributed by atoms with E-state index < -0.39 is 83.3 Å².